The Morgan fingerprint density at radius 2 is 1.78 bits per heavy atom. The standard InChI is InChI=1S/C20H15F2N3O2/c1-27-12-7-5-11(6-8-12)24-16-9-15(18-13(21)3-2-4-14(18)22)25-17-10-23-20(26)19(16)17/h2-9H,10H2,1H3,(H,23,26)(H,24,25). The summed E-state index contributed by atoms with van der Waals surface area (Å²) in [4.78, 5) is 16.5. The van der Waals surface area contributed by atoms with Crippen molar-refractivity contribution in [3.63, 3.8) is 0 Å². The predicted molar refractivity (Wildman–Crippen MR) is 97.0 cm³/mol. The van der Waals surface area contributed by atoms with Crippen LogP contribution in [0.25, 0.3) is 11.3 Å². The van der Waals surface area contributed by atoms with Crippen LogP contribution < -0.4 is 15.4 Å². The van der Waals surface area contributed by atoms with Gasteiger partial charge < -0.3 is 15.4 Å². The number of fused-ring (bicyclic) bond motifs is 1. The van der Waals surface area contributed by atoms with Crippen LogP contribution in [-0.4, -0.2) is 18.0 Å². The van der Waals surface area contributed by atoms with Gasteiger partial charge in [-0.3, -0.25) is 4.79 Å². The summed E-state index contributed by atoms with van der Waals surface area (Å²) in [5.41, 5.74) is 1.83. The summed E-state index contributed by atoms with van der Waals surface area (Å²) in [5, 5.41) is 5.82. The molecular weight excluding hydrogens is 352 g/mol. The zero-order chi connectivity index (χ0) is 19.0. The maximum Gasteiger partial charge on any atom is 0.255 e. The van der Waals surface area contributed by atoms with E-state index >= 15 is 0 Å². The molecule has 5 nitrogen and oxygen atoms in total. The first-order valence-electron chi connectivity index (χ1n) is 8.24. The molecule has 136 valence electrons. The van der Waals surface area contributed by atoms with E-state index in [-0.39, 0.29) is 23.7 Å². The largest absolute Gasteiger partial charge is 0.497 e. The molecule has 1 aliphatic rings. The number of nitrogens with one attached hydrogen (secondary N) is 2. The second-order valence-corrected chi connectivity index (χ2v) is 6.01. The van der Waals surface area contributed by atoms with Crippen molar-refractivity contribution in [3.8, 4) is 17.0 Å². The van der Waals surface area contributed by atoms with Crippen molar-refractivity contribution in [2.75, 3.05) is 12.4 Å². The van der Waals surface area contributed by atoms with Crippen LogP contribution >= 0.6 is 0 Å². The van der Waals surface area contributed by atoms with E-state index in [4.69, 9.17) is 4.74 Å². The van der Waals surface area contributed by atoms with Crippen molar-refractivity contribution in [3.05, 3.63) is 71.4 Å². The van der Waals surface area contributed by atoms with Gasteiger partial charge in [-0.2, -0.15) is 0 Å². The van der Waals surface area contributed by atoms with Crippen LogP contribution in [0.3, 0.4) is 0 Å². The van der Waals surface area contributed by atoms with Crippen LogP contribution in [0.5, 0.6) is 5.75 Å². The van der Waals surface area contributed by atoms with E-state index in [1.54, 1.807) is 31.4 Å². The highest BCUT2D eigenvalue weighted by molar-refractivity contribution is 6.04. The van der Waals surface area contributed by atoms with Gasteiger partial charge in [0.15, 0.2) is 0 Å². The van der Waals surface area contributed by atoms with E-state index in [2.05, 4.69) is 15.6 Å². The van der Waals surface area contributed by atoms with Crippen LogP contribution in [-0.2, 0) is 6.54 Å². The van der Waals surface area contributed by atoms with Gasteiger partial charge in [0.05, 0.1) is 41.9 Å². The van der Waals surface area contributed by atoms with Crippen molar-refractivity contribution in [2.45, 2.75) is 6.54 Å². The van der Waals surface area contributed by atoms with E-state index in [1.165, 1.54) is 24.3 Å². The summed E-state index contributed by atoms with van der Waals surface area (Å²) in [7, 11) is 1.57. The minimum atomic E-state index is -0.713. The lowest BCUT2D eigenvalue weighted by Gasteiger charge is -2.13. The van der Waals surface area contributed by atoms with Gasteiger partial charge >= 0.3 is 0 Å². The summed E-state index contributed by atoms with van der Waals surface area (Å²) >= 11 is 0. The molecule has 1 amide bonds. The number of hydrogen-bond donors (Lipinski definition) is 2. The Balaban J connectivity index is 1.82. The fourth-order valence-electron chi connectivity index (χ4n) is 3.03. The number of benzene rings is 2. The number of nitrogens with zero attached hydrogens (tertiary/aromatic N) is 1. The Hall–Kier alpha value is -3.48. The zero-order valence-electron chi connectivity index (χ0n) is 14.3. The van der Waals surface area contributed by atoms with E-state index in [0.29, 0.717) is 28.4 Å². The summed E-state index contributed by atoms with van der Waals surface area (Å²) in [5.74, 6) is -1.02. The lowest BCUT2D eigenvalue weighted by molar-refractivity contribution is 0.0966. The fraction of sp³-hybridized carbons (Fsp3) is 0.100. The number of carbonyl (C=O) groups is 1. The molecule has 0 saturated carbocycles. The zero-order valence-corrected chi connectivity index (χ0v) is 14.3. The minimum absolute atomic E-state index is 0.122. The average molecular weight is 367 g/mol. The molecule has 0 aliphatic carbocycles. The highest BCUT2D eigenvalue weighted by Gasteiger charge is 2.27. The van der Waals surface area contributed by atoms with Crippen molar-refractivity contribution in [1.29, 1.82) is 0 Å². The number of carbonyl (C=O) groups excluding carboxylic acids is 1. The number of amides is 1. The monoisotopic (exact) mass is 367 g/mol. The van der Waals surface area contributed by atoms with Gasteiger partial charge in [0, 0.05) is 5.69 Å². The highest BCUT2D eigenvalue weighted by atomic mass is 19.1. The van der Waals surface area contributed by atoms with Crippen molar-refractivity contribution < 1.29 is 18.3 Å². The van der Waals surface area contributed by atoms with Crippen molar-refractivity contribution in [1.82, 2.24) is 10.3 Å². The van der Waals surface area contributed by atoms with Gasteiger partial charge in [0.2, 0.25) is 0 Å². The molecule has 0 unspecified atom stereocenters. The molecule has 0 fully saturated rings. The molecular formula is C20H15F2N3O2. The van der Waals surface area contributed by atoms with E-state index in [1.807, 2.05) is 0 Å². The maximum atomic E-state index is 14.2. The topological polar surface area (TPSA) is 63.2 Å². The second kappa shape index (κ2) is 6.68. The lowest BCUT2D eigenvalue weighted by atomic mass is 10.1. The maximum absolute atomic E-state index is 14.2. The third-order valence-corrected chi connectivity index (χ3v) is 4.33. The van der Waals surface area contributed by atoms with Crippen LogP contribution in [0.2, 0.25) is 0 Å². The third kappa shape index (κ3) is 3.08. The molecule has 27 heavy (non-hydrogen) atoms. The highest BCUT2D eigenvalue weighted by Crippen LogP contribution is 2.33. The molecule has 1 aliphatic heterocycles. The van der Waals surface area contributed by atoms with Gasteiger partial charge in [-0.1, -0.05) is 6.07 Å². The number of rotatable bonds is 4. The number of halogens is 2. The molecule has 2 heterocycles. The molecule has 0 radical (unpaired) electrons. The first-order chi connectivity index (χ1) is 13.1. The van der Waals surface area contributed by atoms with Gasteiger partial charge in [0.25, 0.3) is 5.91 Å². The predicted octanol–water partition coefficient (Wildman–Crippen LogP) is 4.02. The fourth-order valence-corrected chi connectivity index (χ4v) is 3.03. The SMILES string of the molecule is COc1ccc(Nc2cc(-c3c(F)cccc3F)nc3c2C(=O)NC3)cc1. The molecule has 7 heteroatoms. The molecule has 2 N–H and O–H groups in total. The normalized spacial score (nSPS) is 12.5. The molecule has 0 atom stereocenters. The Kier molecular flexibility index (Phi) is 4.19. The van der Waals surface area contributed by atoms with E-state index in [9.17, 15) is 13.6 Å². The minimum Gasteiger partial charge on any atom is -0.497 e. The molecule has 0 spiro atoms. The molecule has 1 aromatic heterocycles. The summed E-state index contributed by atoms with van der Waals surface area (Å²) < 4.78 is 33.5. The summed E-state index contributed by atoms with van der Waals surface area (Å²) in [6.45, 7) is 0.204. The molecule has 3 aromatic rings. The van der Waals surface area contributed by atoms with Crippen LogP contribution in [0, 0.1) is 11.6 Å². The van der Waals surface area contributed by atoms with Gasteiger partial charge in [-0.15, -0.1) is 0 Å². The molecule has 0 bridgehead atoms. The number of ether oxygens (including phenoxy) is 1. The van der Waals surface area contributed by atoms with Crippen LogP contribution in [0.1, 0.15) is 16.1 Å². The number of hydrogen-bond acceptors (Lipinski definition) is 4. The molecule has 0 saturated heterocycles. The van der Waals surface area contributed by atoms with Crippen LogP contribution in [0.15, 0.2) is 48.5 Å². The molecule has 2 aromatic carbocycles. The average Bonchev–Trinajstić information content (AvgIpc) is 3.03. The van der Waals surface area contributed by atoms with E-state index < -0.39 is 11.6 Å². The number of pyridine rings is 1. The lowest BCUT2D eigenvalue weighted by Crippen LogP contribution is -2.13. The summed E-state index contributed by atoms with van der Waals surface area (Å²) in [6.07, 6.45) is 0. The van der Waals surface area contributed by atoms with E-state index in [0.717, 1.165) is 0 Å². The first kappa shape index (κ1) is 17.0. The van der Waals surface area contributed by atoms with Crippen LogP contribution in [0.4, 0.5) is 20.2 Å². The quantitative estimate of drug-likeness (QED) is 0.731. The Labute approximate surface area is 154 Å². The van der Waals surface area contributed by atoms with Crippen molar-refractivity contribution in [2.24, 2.45) is 0 Å². The second-order valence-electron chi connectivity index (χ2n) is 6.01. The number of aromatic nitrogens is 1. The first-order valence-corrected chi connectivity index (χ1v) is 8.24. The Bertz CT molecular complexity index is 1020. The third-order valence-electron chi connectivity index (χ3n) is 4.33. The number of anilines is 2. The smallest absolute Gasteiger partial charge is 0.255 e. The summed E-state index contributed by atoms with van der Waals surface area (Å²) in [6, 6.07) is 12.2. The van der Waals surface area contributed by atoms with Crippen molar-refractivity contribution >= 4 is 17.3 Å². The van der Waals surface area contributed by atoms with Gasteiger partial charge in [-0.25, -0.2) is 13.8 Å². The number of methoxy groups -OCH3 is 1. The Morgan fingerprint density at radius 3 is 2.44 bits per heavy atom. The van der Waals surface area contributed by atoms with Gasteiger partial charge in [0.1, 0.15) is 17.4 Å². The Morgan fingerprint density at radius 1 is 1.07 bits per heavy atom. The molecule has 4 rings (SSSR count). The van der Waals surface area contributed by atoms with Gasteiger partial charge in [-0.05, 0) is 42.5 Å².